The zero-order chi connectivity index (χ0) is 14.9. The number of nitrogens with one attached hydrogen (secondary N) is 1. The van der Waals surface area contributed by atoms with Crippen molar-refractivity contribution >= 4 is 46.4 Å². The van der Waals surface area contributed by atoms with Gasteiger partial charge < -0.3 is 10.4 Å². The van der Waals surface area contributed by atoms with Crippen molar-refractivity contribution in [2.45, 2.75) is 0 Å². The zero-order valence-electron chi connectivity index (χ0n) is 9.75. The van der Waals surface area contributed by atoms with Crippen LogP contribution >= 0.6 is 34.8 Å². The Balaban J connectivity index is 2.30. The van der Waals surface area contributed by atoms with E-state index in [9.17, 15) is 14.3 Å². The second-order valence-corrected chi connectivity index (χ2v) is 5.08. The Labute approximate surface area is 128 Å². The fourth-order valence-corrected chi connectivity index (χ4v) is 2.10. The number of halogens is 4. The predicted octanol–water partition coefficient (Wildman–Crippen LogP) is 4.74. The van der Waals surface area contributed by atoms with Crippen molar-refractivity contribution in [3.63, 3.8) is 0 Å². The first-order valence-electron chi connectivity index (χ1n) is 5.33. The minimum Gasteiger partial charge on any atom is -0.507 e. The molecular weight excluding hydrogens is 328 g/mol. The number of aromatic hydroxyl groups is 1. The van der Waals surface area contributed by atoms with E-state index in [4.69, 9.17) is 34.8 Å². The van der Waals surface area contributed by atoms with Crippen LogP contribution in [0, 0.1) is 5.82 Å². The first kappa shape index (κ1) is 14.9. The molecule has 2 aromatic carbocycles. The van der Waals surface area contributed by atoms with Crippen molar-refractivity contribution in [2.24, 2.45) is 0 Å². The lowest BCUT2D eigenvalue weighted by Crippen LogP contribution is -2.12. The minimum absolute atomic E-state index is 0.0893. The van der Waals surface area contributed by atoms with Crippen LogP contribution in [-0.4, -0.2) is 11.0 Å². The number of rotatable bonds is 2. The van der Waals surface area contributed by atoms with Gasteiger partial charge in [0.1, 0.15) is 11.6 Å². The standard InChI is InChI=1S/C13H7Cl3FNO2/c14-8-4-10(16)11(5-9(8)15)18-13(20)7-2-1-6(17)3-12(7)19/h1-5,19H,(H,18,20). The number of anilines is 1. The largest absolute Gasteiger partial charge is 0.507 e. The Kier molecular flexibility index (Phi) is 4.38. The summed E-state index contributed by atoms with van der Waals surface area (Å²) in [6, 6.07) is 5.82. The van der Waals surface area contributed by atoms with Crippen LogP contribution in [0.3, 0.4) is 0 Å². The lowest BCUT2D eigenvalue weighted by atomic mass is 10.1. The number of hydrogen-bond acceptors (Lipinski definition) is 2. The van der Waals surface area contributed by atoms with Gasteiger partial charge in [0.15, 0.2) is 0 Å². The van der Waals surface area contributed by atoms with Crippen molar-refractivity contribution in [2.75, 3.05) is 5.32 Å². The minimum atomic E-state index is -0.650. The Morgan fingerprint density at radius 1 is 1.05 bits per heavy atom. The van der Waals surface area contributed by atoms with Gasteiger partial charge in [-0.25, -0.2) is 4.39 Å². The molecular formula is C13H7Cl3FNO2. The van der Waals surface area contributed by atoms with Crippen LogP contribution in [0.5, 0.6) is 5.75 Å². The highest BCUT2D eigenvalue weighted by atomic mass is 35.5. The molecule has 0 fully saturated rings. The van der Waals surface area contributed by atoms with Gasteiger partial charge in [-0.15, -0.1) is 0 Å². The van der Waals surface area contributed by atoms with Crippen LogP contribution in [-0.2, 0) is 0 Å². The number of carbonyl (C=O) groups excluding carboxylic acids is 1. The summed E-state index contributed by atoms with van der Waals surface area (Å²) in [7, 11) is 0. The SMILES string of the molecule is O=C(Nc1cc(Cl)c(Cl)cc1Cl)c1ccc(F)cc1O. The Hall–Kier alpha value is -1.49. The molecule has 3 nitrogen and oxygen atoms in total. The molecule has 0 aliphatic rings. The van der Waals surface area contributed by atoms with Crippen molar-refractivity contribution in [1.29, 1.82) is 0 Å². The molecule has 0 radical (unpaired) electrons. The topological polar surface area (TPSA) is 49.3 Å². The molecule has 2 rings (SSSR count). The van der Waals surface area contributed by atoms with E-state index in [0.29, 0.717) is 0 Å². The quantitative estimate of drug-likeness (QED) is 0.779. The van der Waals surface area contributed by atoms with E-state index in [0.717, 1.165) is 18.2 Å². The van der Waals surface area contributed by atoms with E-state index in [1.54, 1.807) is 0 Å². The lowest BCUT2D eigenvalue weighted by Gasteiger charge is -2.09. The summed E-state index contributed by atoms with van der Waals surface area (Å²) in [6.07, 6.45) is 0. The van der Waals surface area contributed by atoms with Gasteiger partial charge in [0, 0.05) is 6.07 Å². The van der Waals surface area contributed by atoms with Gasteiger partial charge in [-0.1, -0.05) is 34.8 Å². The molecule has 7 heteroatoms. The highest BCUT2D eigenvalue weighted by molar-refractivity contribution is 6.44. The monoisotopic (exact) mass is 333 g/mol. The van der Waals surface area contributed by atoms with Gasteiger partial charge in [-0.2, -0.15) is 0 Å². The van der Waals surface area contributed by atoms with E-state index < -0.39 is 17.5 Å². The molecule has 2 aromatic rings. The Bertz CT molecular complexity index is 692. The van der Waals surface area contributed by atoms with Crippen molar-refractivity contribution in [1.82, 2.24) is 0 Å². The van der Waals surface area contributed by atoms with E-state index in [-0.39, 0.29) is 26.3 Å². The first-order chi connectivity index (χ1) is 9.38. The molecule has 104 valence electrons. The van der Waals surface area contributed by atoms with Crippen molar-refractivity contribution in [3.05, 3.63) is 56.8 Å². The van der Waals surface area contributed by atoms with Crippen molar-refractivity contribution in [3.8, 4) is 5.75 Å². The third-order valence-electron chi connectivity index (χ3n) is 2.46. The molecule has 1 amide bonds. The summed E-state index contributed by atoms with van der Waals surface area (Å²) in [6.45, 7) is 0. The third-order valence-corrected chi connectivity index (χ3v) is 3.50. The highest BCUT2D eigenvalue weighted by Gasteiger charge is 2.14. The molecule has 0 saturated heterocycles. The number of phenols is 1. The smallest absolute Gasteiger partial charge is 0.259 e. The molecule has 0 bridgehead atoms. The molecule has 0 heterocycles. The second-order valence-electron chi connectivity index (χ2n) is 3.86. The van der Waals surface area contributed by atoms with E-state index in [1.807, 2.05) is 0 Å². The van der Waals surface area contributed by atoms with Gasteiger partial charge in [0.25, 0.3) is 5.91 Å². The Morgan fingerprint density at radius 2 is 1.70 bits per heavy atom. The maximum absolute atomic E-state index is 12.9. The summed E-state index contributed by atoms with van der Waals surface area (Å²) in [5, 5.41) is 12.6. The summed E-state index contributed by atoms with van der Waals surface area (Å²) < 4.78 is 12.9. The molecule has 0 aliphatic heterocycles. The van der Waals surface area contributed by atoms with Crippen LogP contribution in [0.4, 0.5) is 10.1 Å². The van der Waals surface area contributed by atoms with Gasteiger partial charge in [-0.05, 0) is 24.3 Å². The molecule has 0 unspecified atom stereocenters. The van der Waals surface area contributed by atoms with E-state index in [2.05, 4.69) is 5.32 Å². The van der Waals surface area contributed by atoms with Crippen LogP contribution in [0.25, 0.3) is 0 Å². The fourth-order valence-electron chi connectivity index (χ4n) is 1.50. The average Bonchev–Trinajstić information content (AvgIpc) is 2.35. The fraction of sp³-hybridized carbons (Fsp3) is 0. The van der Waals surface area contributed by atoms with Gasteiger partial charge >= 0.3 is 0 Å². The molecule has 2 N–H and O–H groups in total. The summed E-state index contributed by atoms with van der Waals surface area (Å²) in [4.78, 5) is 12.0. The predicted molar refractivity (Wildman–Crippen MR) is 77.5 cm³/mol. The summed E-state index contributed by atoms with van der Waals surface area (Å²) >= 11 is 17.5. The molecule has 0 aromatic heterocycles. The van der Waals surface area contributed by atoms with Crippen molar-refractivity contribution < 1.29 is 14.3 Å². The molecule has 0 aliphatic carbocycles. The number of carbonyl (C=O) groups is 1. The average molecular weight is 335 g/mol. The molecule has 0 saturated carbocycles. The van der Waals surface area contributed by atoms with Crippen LogP contribution in [0.15, 0.2) is 30.3 Å². The van der Waals surface area contributed by atoms with Gasteiger partial charge in [0.2, 0.25) is 0 Å². The molecule has 20 heavy (non-hydrogen) atoms. The second kappa shape index (κ2) is 5.87. The third kappa shape index (κ3) is 3.15. The Morgan fingerprint density at radius 3 is 2.35 bits per heavy atom. The zero-order valence-corrected chi connectivity index (χ0v) is 12.0. The maximum atomic E-state index is 12.9. The molecule has 0 spiro atoms. The molecule has 0 atom stereocenters. The number of amides is 1. The first-order valence-corrected chi connectivity index (χ1v) is 6.46. The van der Waals surface area contributed by atoms with Gasteiger partial charge in [-0.3, -0.25) is 4.79 Å². The normalized spacial score (nSPS) is 10.4. The number of benzene rings is 2. The lowest BCUT2D eigenvalue weighted by molar-refractivity contribution is 0.102. The van der Waals surface area contributed by atoms with Crippen LogP contribution in [0.2, 0.25) is 15.1 Å². The summed E-state index contributed by atoms with van der Waals surface area (Å²) in [5.41, 5.74) is 0.142. The number of phenolic OH excluding ortho intramolecular Hbond substituents is 1. The number of hydrogen-bond donors (Lipinski definition) is 2. The highest BCUT2D eigenvalue weighted by Crippen LogP contribution is 2.32. The van der Waals surface area contributed by atoms with E-state index >= 15 is 0 Å². The van der Waals surface area contributed by atoms with Crippen LogP contribution in [0.1, 0.15) is 10.4 Å². The van der Waals surface area contributed by atoms with Gasteiger partial charge in [0.05, 0.1) is 26.3 Å². The summed E-state index contributed by atoms with van der Waals surface area (Å²) in [5.74, 6) is -1.77. The van der Waals surface area contributed by atoms with Crippen LogP contribution < -0.4 is 5.32 Å². The van der Waals surface area contributed by atoms with E-state index in [1.165, 1.54) is 12.1 Å². The maximum Gasteiger partial charge on any atom is 0.259 e.